The lowest BCUT2D eigenvalue weighted by Gasteiger charge is -2.16. The molecule has 40 heavy (non-hydrogen) atoms. The fourth-order valence-electron chi connectivity index (χ4n) is 4.19. The predicted molar refractivity (Wildman–Crippen MR) is 152 cm³/mol. The Kier molecular flexibility index (Phi) is 8.86. The Hall–Kier alpha value is -5.05. The largest absolute Gasteiger partial charge is 0.495 e. The van der Waals surface area contributed by atoms with Crippen molar-refractivity contribution in [3.63, 3.8) is 0 Å². The van der Waals surface area contributed by atoms with E-state index in [0.717, 1.165) is 21.6 Å². The van der Waals surface area contributed by atoms with Gasteiger partial charge >= 0.3 is 6.03 Å². The van der Waals surface area contributed by atoms with Crippen LogP contribution >= 0.6 is 0 Å². The van der Waals surface area contributed by atoms with Gasteiger partial charge in [-0.25, -0.2) is 9.69 Å². The van der Waals surface area contributed by atoms with E-state index in [2.05, 4.69) is 17.2 Å². The van der Waals surface area contributed by atoms with Crippen LogP contribution in [-0.2, 0) is 22.6 Å². The molecule has 4 rings (SSSR count). The van der Waals surface area contributed by atoms with E-state index in [4.69, 9.17) is 14.2 Å². The van der Waals surface area contributed by atoms with Crippen molar-refractivity contribution in [2.75, 3.05) is 26.1 Å². The lowest BCUT2D eigenvalue weighted by molar-refractivity contribution is -0.127. The summed E-state index contributed by atoms with van der Waals surface area (Å²) in [5.74, 6) is 0.345. The predicted octanol–water partition coefficient (Wildman–Crippen LogP) is 4.85. The molecule has 1 fully saturated rings. The third kappa shape index (κ3) is 6.50. The third-order valence-corrected chi connectivity index (χ3v) is 6.20. The molecule has 1 aliphatic rings. The second-order valence-electron chi connectivity index (χ2n) is 9.11. The second-order valence-corrected chi connectivity index (χ2v) is 9.11. The van der Waals surface area contributed by atoms with Crippen LogP contribution in [0, 0.1) is 6.92 Å². The number of hydrogen-bond donors (Lipinski definition) is 2. The number of para-hydroxylation sites is 2. The Bertz CT molecular complexity index is 1460. The molecule has 9 heteroatoms. The number of hydrogen-bond acceptors (Lipinski definition) is 6. The van der Waals surface area contributed by atoms with Crippen LogP contribution in [0.2, 0.25) is 0 Å². The summed E-state index contributed by atoms with van der Waals surface area (Å²) < 4.78 is 17.0. The molecule has 1 heterocycles. The van der Waals surface area contributed by atoms with Crippen LogP contribution in [0.25, 0.3) is 6.08 Å². The number of amides is 4. The maximum Gasteiger partial charge on any atom is 0.329 e. The van der Waals surface area contributed by atoms with Crippen LogP contribution in [-0.4, -0.2) is 43.5 Å². The highest BCUT2D eigenvalue weighted by molar-refractivity contribution is 6.16. The van der Waals surface area contributed by atoms with E-state index in [9.17, 15) is 14.4 Å². The summed E-state index contributed by atoms with van der Waals surface area (Å²) in [6.45, 7) is 5.75. The van der Waals surface area contributed by atoms with Gasteiger partial charge in [0.25, 0.3) is 5.91 Å². The average molecular weight is 542 g/mol. The molecule has 206 valence electrons. The number of methoxy groups -OCH3 is 2. The van der Waals surface area contributed by atoms with Crippen LogP contribution in [0.1, 0.15) is 22.3 Å². The molecule has 0 spiro atoms. The lowest BCUT2D eigenvalue weighted by Crippen LogP contribution is -2.38. The van der Waals surface area contributed by atoms with Crippen molar-refractivity contribution in [1.29, 1.82) is 0 Å². The summed E-state index contributed by atoms with van der Waals surface area (Å²) in [6.07, 6.45) is 3.78. The van der Waals surface area contributed by atoms with Gasteiger partial charge in [-0.15, -0.1) is 6.58 Å². The molecule has 0 bridgehead atoms. The first-order valence-electron chi connectivity index (χ1n) is 12.6. The third-order valence-electron chi connectivity index (χ3n) is 6.20. The van der Waals surface area contributed by atoms with E-state index >= 15 is 0 Å². The summed E-state index contributed by atoms with van der Waals surface area (Å²) in [7, 11) is 3.02. The van der Waals surface area contributed by atoms with E-state index in [0.29, 0.717) is 41.5 Å². The van der Waals surface area contributed by atoms with Crippen molar-refractivity contribution in [2.24, 2.45) is 0 Å². The quantitative estimate of drug-likeness (QED) is 0.204. The summed E-state index contributed by atoms with van der Waals surface area (Å²) in [6, 6.07) is 17.8. The lowest BCUT2D eigenvalue weighted by atomic mass is 10.0. The summed E-state index contributed by atoms with van der Waals surface area (Å²) in [5.41, 5.74) is 4.06. The Morgan fingerprint density at radius 3 is 2.45 bits per heavy atom. The number of nitrogens with one attached hydrogen (secondary N) is 2. The van der Waals surface area contributed by atoms with E-state index in [1.807, 2.05) is 37.3 Å². The fraction of sp³-hybridized carbons (Fsp3) is 0.194. The van der Waals surface area contributed by atoms with Crippen LogP contribution in [0.15, 0.2) is 79.0 Å². The molecule has 3 aromatic rings. The van der Waals surface area contributed by atoms with Crippen molar-refractivity contribution in [1.82, 2.24) is 10.2 Å². The second kappa shape index (κ2) is 12.7. The number of carbonyl (C=O) groups excluding carboxylic acids is 3. The van der Waals surface area contributed by atoms with E-state index in [1.165, 1.54) is 20.3 Å². The molecule has 1 saturated heterocycles. The Balaban J connectivity index is 1.52. The highest BCUT2D eigenvalue weighted by Crippen LogP contribution is 2.35. The smallest absolute Gasteiger partial charge is 0.329 e. The normalized spacial score (nSPS) is 13.7. The molecule has 0 saturated carbocycles. The number of urea groups is 1. The first kappa shape index (κ1) is 28.0. The van der Waals surface area contributed by atoms with E-state index in [1.54, 1.807) is 36.4 Å². The molecule has 0 atom stereocenters. The van der Waals surface area contributed by atoms with Crippen molar-refractivity contribution in [2.45, 2.75) is 20.0 Å². The number of allylic oxidation sites excluding steroid dienone is 1. The van der Waals surface area contributed by atoms with Crippen LogP contribution < -0.4 is 24.8 Å². The van der Waals surface area contributed by atoms with Crippen molar-refractivity contribution < 1.29 is 28.6 Å². The molecular formula is C31H31N3O6. The molecule has 0 unspecified atom stereocenters. The first-order chi connectivity index (χ1) is 19.3. The maximum atomic E-state index is 13.0. The van der Waals surface area contributed by atoms with Gasteiger partial charge in [0.1, 0.15) is 24.6 Å². The summed E-state index contributed by atoms with van der Waals surface area (Å²) >= 11 is 0. The van der Waals surface area contributed by atoms with Gasteiger partial charge in [-0.1, -0.05) is 48.0 Å². The van der Waals surface area contributed by atoms with Crippen molar-refractivity contribution in [3.8, 4) is 17.2 Å². The first-order valence-corrected chi connectivity index (χ1v) is 12.6. The van der Waals surface area contributed by atoms with Gasteiger partial charge in [0.05, 0.1) is 19.9 Å². The number of carbonyl (C=O) groups is 3. The minimum absolute atomic E-state index is 0.0371. The summed E-state index contributed by atoms with van der Waals surface area (Å²) in [5, 5.41) is 5.22. The molecule has 0 aromatic heterocycles. The number of imide groups is 1. The van der Waals surface area contributed by atoms with Gasteiger partial charge in [0.2, 0.25) is 5.91 Å². The minimum atomic E-state index is -0.692. The van der Waals surface area contributed by atoms with Crippen molar-refractivity contribution in [3.05, 3.63) is 101 Å². The number of ether oxygens (including phenoxy) is 3. The maximum absolute atomic E-state index is 13.0. The Morgan fingerprint density at radius 2 is 1.75 bits per heavy atom. The van der Waals surface area contributed by atoms with Gasteiger partial charge < -0.3 is 24.8 Å². The van der Waals surface area contributed by atoms with Gasteiger partial charge in [-0.05, 0) is 54.8 Å². The number of rotatable bonds is 11. The number of nitrogens with zero attached hydrogens (tertiary/aromatic N) is 1. The van der Waals surface area contributed by atoms with E-state index < -0.39 is 24.4 Å². The molecule has 2 N–H and O–H groups in total. The number of anilines is 1. The Labute approximate surface area is 233 Å². The van der Waals surface area contributed by atoms with Crippen LogP contribution in [0.3, 0.4) is 0 Å². The topological polar surface area (TPSA) is 106 Å². The highest BCUT2D eigenvalue weighted by Gasteiger charge is 2.35. The molecule has 0 radical (unpaired) electrons. The molecule has 4 amide bonds. The van der Waals surface area contributed by atoms with Gasteiger partial charge in [0.15, 0.2) is 11.5 Å². The zero-order chi connectivity index (χ0) is 28.6. The zero-order valence-electron chi connectivity index (χ0n) is 22.7. The van der Waals surface area contributed by atoms with Crippen LogP contribution in [0.5, 0.6) is 17.2 Å². The minimum Gasteiger partial charge on any atom is -0.495 e. The van der Waals surface area contributed by atoms with Gasteiger partial charge in [0, 0.05) is 5.56 Å². The van der Waals surface area contributed by atoms with Gasteiger partial charge in [-0.3, -0.25) is 9.59 Å². The molecule has 1 aliphatic heterocycles. The zero-order valence-corrected chi connectivity index (χ0v) is 22.7. The van der Waals surface area contributed by atoms with Crippen LogP contribution in [0.4, 0.5) is 10.5 Å². The average Bonchev–Trinajstić information content (AvgIpc) is 3.20. The SMILES string of the molecule is C=CCc1cc(/C=C2/NC(=O)N(CC(=O)Nc3ccccc3OC)C2=O)cc(OC)c1OCc1ccc(C)cc1. The summed E-state index contributed by atoms with van der Waals surface area (Å²) in [4.78, 5) is 39.1. The number of benzene rings is 3. The van der Waals surface area contributed by atoms with E-state index in [-0.39, 0.29) is 5.70 Å². The standard InChI is InChI=1S/C31H31N3O6/c1-5-8-23-15-22(17-27(39-4)29(23)40-19-21-13-11-20(2)12-14-21)16-25-30(36)34(31(37)33-25)18-28(35)32-24-9-6-7-10-26(24)38-3/h5-7,9-17H,1,8,18-19H2,2-4H3,(H,32,35)(H,33,37)/b25-16+. The molecular weight excluding hydrogens is 510 g/mol. The fourth-order valence-corrected chi connectivity index (χ4v) is 4.19. The highest BCUT2D eigenvalue weighted by atomic mass is 16.5. The van der Waals surface area contributed by atoms with Crippen molar-refractivity contribution >= 4 is 29.6 Å². The molecule has 0 aliphatic carbocycles. The molecule has 3 aromatic carbocycles. The van der Waals surface area contributed by atoms with Gasteiger partial charge in [-0.2, -0.15) is 0 Å². The monoisotopic (exact) mass is 541 g/mol. The Morgan fingerprint density at radius 1 is 1.02 bits per heavy atom. The number of aryl methyl sites for hydroxylation is 1. The molecule has 9 nitrogen and oxygen atoms in total.